The number of rotatable bonds is 10. The van der Waals surface area contributed by atoms with Crippen molar-refractivity contribution in [3.05, 3.63) is 52.5 Å². The molecule has 0 radical (unpaired) electrons. The maximum atomic E-state index is 14.3. The maximum Gasteiger partial charge on any atom is 0.401 e. The van der Waals surface area contributed by atoms with Crippen LogP contribution in [-0.2, 0) is 27.1 Å². The molecule has 3 aliphatic heterocycles. The van der Waals surface area contributed by atoms with Crippen molar-refractivity contribution in [1.29, 1.82) is 0 Å². The zero-order valence-corrected chi connectivity index (χ0v) is 22.7. The van der Waals surface area contributed by atoms with Gasteiger partial charge in [-0.25, -0.2) is 18.7 Å². The fourth-order valence-corrected chi connectivity index (χ4v) is 5.92. The fraction of sp³-hybridized carbons (Fsp3) is 0.567. The van der Waals surface area contributed by atoms with E-state index in [0.29, 0.717) is 31.9 Å². The number of hydrogen-bond donors (Lipinski definition) is 2. The number of carboxylic acid groups (broad SMARTS) is 1. The van der Waals surface area contributed by atoms with E-state index in [4.69, 9.17) is 19.2 Å². The van der Waals surface area contributed by atoms with Crippen LogP contribution in [0.25, 0.3) is 0 Å². The predicted molar refractivity (Wildman–Crippen MR) is 146 cm³/mol. The van der Waals surface area contributed by atoms with E-state index in [1.165, 1.54) is 12.1 Å². The van der Waals surface area contributed by atoms with E-state index in [0.717, 1.165) is 92.7 Å². The standard InChI is InChI=1S/C30H38FN3O5/c1-37-27-18-21(33-29-24(27)8-6-13-32-29)7-2-4-15-38-22-12-14-34(19-22)28(30(35)36)25-17-20(31)10-11-23(25)26-9-3-5-16-39-26/h10-11,17-18,22,26H,2-9,12-16,19H2,1H3,(H-,32,33,35,36)/p+1/b34-28+/t22-,26-/m1/s1. The van der Waals surface area contributed by atoms with Crippen LogP contribution in [0.2, 0.25) is 0 Å². The van der Waals surface area contributed by atoms with Crippen LogP contribution < -0.4 is 10.1 Å². The number of ether oxygens (including phenoxy) is 3. The second kappa shape index (κ2) is 12.9. The van der Waals surface area contributed by atoms with Gasteiger partial charge in [0.25, 0.3) is 5.71 Å². The summed E-state index contributed by atoms with van der Waals surface area (Å²) >= 11 is 0. The van der Waals surface area contributed by atoms with Crippen molar-refractivity contribution < 1.29 is 33.1 Å². The van der Waals surface area contributed by atoms with Crippen LogP contribution in [0.1, 0.15) is 73.4 Å². The number of pyridine rings is 1. The summed E-state index contributed by atoms with van der Waals surface area (Å²) < 4.78 is 33.8. The van der Waals surface area contributed by atoms with Gasteiger partial charge in [-0.1, -0.05) is 6.07 Å². The number of aromatic nitrogens is 1. The first-order chi connectivity index (χ1) is 19.0. The zero-order chi connectivity index (χ0) is 27.2. The van der Waals surface area contributed by atoms with Gasteiger partial charge in [0.05, 0.1) is 18.8 Å². The lowest BCUT2D eigenvalue weighted by Crippen LogP contribution is -2.31. The summed E-state index contributed by atoms with van der Waals surface area (Å²) in [4.78, 5) is 17.2. The molecule has 0 spiro atoms. The van der Waals surface area contributed by atoms with Crippen LogP contribution in [0.15, 0.2) is 24.3 Å². The molecule has 2 N–H and O–H groups in total. The Morgan fingerprint density at radius 2 is 2.13 bits per heavy atom. The molecule has 2 saturated heterocycles. The minimum absolute atomic E-state index is 0.0616. The van der Waals surface area contributed by atoms with Crippen LogP contribution in [0.5, 0.6) is 5.75 Å². The average molecular weight is 541 g/mol. The molecule has 3 aliphatic rings. The molecule has 1 aromatic heterocycles. The number of aliphatic carboxylic acids is 1. The van der Waals surface area contributed by atoms with Crippen molar-refractivity contribution >= 4 is 17.5 Å². The number of carbonyl (C=O) groups is 1. The molecule has 0 unspecified atom stereocenters. The molecule has 8 nitrogen and oxygen atoms in total. The molecule has 0 saturated carbocycles. The van der Waals surface area contributed by atoms with Crippen LogP contribution in [0.3, 0.4) is 0 Å². The van der Waals surface area contributed by atoms with E-state index < -0.39 is 11.8 Å². The van der Waals surface area contributed by atoms with Gasteiger partial charge in [0.1, 0.15) is 30.0 Å². The third-order valence-electron chi connectivity index (χ3n) is 7.89. The molecule has 2 atom stereocenters. The molecule has 5 rings (SSSR count). The number of anilines is 1. The van der Waals surface area contributed by atoms with Gasteiger partial charge in [-0.05, 0) is 69.1 Å². The van der Waals surface area contributed by atoms with E-state index in [1.54, 1.807) is 13.2 Å². The zero-order valence-electron chi connectivity index (χ0n) is 22.7. The van der Waals surface area contributed by atoms with Gasteiger partial charge in [0, 0.05) is 43.5 Å². The first-order valence-corrected chi connectivity index (χ1v) is 14.2. The average Bonchev–Trinajstić information content (AvgIpc) is 3.41. The van der Waals surface area contributed by atoms with Crippen molar-refractivity contribution in [2.45, 2.75) is 70.0 Å². The molecule has 0 bridgehead atoms. The van der Waals surface area contributed by atoms with E-state index in [9.17, 15) is 14.3 Å². The molecule has 39 heavy (non-hydrogen) atoms. The number of halogens is 1. The first-order valence-electron chi connectivity index (χ1n) is 14.2. The quantitative estimate of drug-likeness (QED) is 0.338. The number of fused-ring (bicyclic) bond motifs is 1. The van der Waals surface area contributed by atoms with Crippen LogP contribution in [0.4, 0.5) is 10.2 Å². The number of aryl methyl sites for hydroxylation is 1. The SMILES string of the molecule is COc1cc(CCCCO[C@@H]2CC/[N+](=C(\C(=O)O)c3cc(F)ccc3[C@H]3CCCCO3)C2)nc2c1CCCN2. The largest absolute Gasteiger partial charge is 0.496 e. The molecule has 2 fully saturated rings. The highest BCUT2D eigenvalue weighted by molar-refractivity contribution is 6.40. The van der Waals surface area contributed by atoms with Crippen molar-refractivity contribution in [3.8, 4) is 5.75 Å². The molecule has 0 aliphatic carbocycles. The topological polar surface area (TPSA) is 92.9 Å². The molecular formula is C30H39FN3O5+. The fourth-order valence-electron chi connectivity index (χ4n) is 5.92. The Hall–Kier alpha value is -3.04. The third-order valence-corrected chi connectivity index (χ3v) is 7.89. The van der Waals surface area contributed by atoms with E-state index in [2.05, 4.69) is 5.32 Å². The van der Waals surface area contributed by atoms with Crippen LogP contribution >= 0.6 is 0 Å². The van der Waals surface area contributed by atoms with Crippen LogP contribution in [0, 0.1) is 5.82 Å². The number of benzene rings is 1. The van der Waals surface area contributed by atoms with Gasteiger partial charge in [-0.3, -0.25) is 0 Å². The molecule has 9 heteroatoms. The summed E-state index contributed by atoms with van der Waals surface area (Å²) in [7, 11) is 1.71. The van der Waals surface area contributed by atoms with Crippen molar-refractivity contribution in [2.24, 2.45) is 0 Å². The Balaban J connectivity index is 1.18. The second-order valence-electron chi connectivity index (χ2n) is 10.6. The molecule has 2 aromatic rings. The van der Waals surface area contributed by atoms with E-state index in [-0.39, 0.29) is 17.9 Å². The summed E-state index contributed by atoms with van der Waals surface area (Å²) in [6.45, 7) is 3.20. The maximum absolute atomic E-state index is 14.3. The molecule has 1 aromatic carbocycles. The number of nitrogens with zero attached hydrogens (tertiary/aromatic N) is 2. The van der Waals surface area contributed by atoms with Crippen molar-refractivity contribution in [2.75, 3.05) is 45.3 Å². The lowest BCUT2D eigenvalue weighted by atomic mass is 9.94. The summed E-state index contributed by atoms with van der Waals surface area (Å²) in [6.07, 6.45) is 8.00. The normalized spacial score (nSPS) is 22.2. The number of unbranched alkanes of at least 4 members (excludes halogenated alkanes) is 1. The van der Waals surface area contributed by atoms with Gasteiger partial charge < -0.3 is 24.6 Å². The highest BCUT2D eigenvalue weighted by atomic mass is 19.1. The molecule has 0 amide bonds. The molecule has 210 valence electrons. The number of methoxy groups -OCH3 is 1. The highest BCUT2D eigenvalue weighted by Crippen LogP contribution is 2.32. The van der Waals surface area contributed by atoms with Gasteiger partial charge in [-0.15, -0.1) is 0 Å². The first kappa shape index (κ1) is 27.5. The smallest absolute Gasteiger partial charge is 0.401 e. The Morgan fingerprint density at radius 3 is 2.92 bits per heavy atom. The Bertz CT molecular complexity index is 1190. The number of hydrogen-bond acceptors (Lipinski definition) is 6. The summed E-state index contributed by atoms with van der Waals surface area (Å²) in [5, 5.41) is 13.5. The number of carboxylic acids is 1. The van der Waals surface area contributed by atoms with Gasteiger partial charge in [0.2, 0.25) is 0 Å². The van der Waals surface area contributed by atoms with E-state index >= 15 is 0 Å². The summed E-state index contributed by atoms with van der Waals surface area (Å²) in [5.41, 5.74) is 3.47. The Kier molecular flexibility index (Phi) is 9.09. The minimum Gasteiger partial charge on any atom is -0.496 e. The second-order valence-corrected chi connectivity index (χ2v) is 10.6. The predicted octanol–water partition coefficient (Wildman–Crippen LogP) is 4.53. The minimum atomic E-state index is -1.05. The van der Waals surface area contributed by atoms with Gasteiger partial charge >= 0.3 is 5.97 Å². The van der Waals surface area contributed by atoms with Gasteiger partial charge in [-0.2, -0.15) is 0 Å². The third kappa shape index (κ3) is 6.58. The molecule has 4 heterocycles. The van der Waals surface area contributed by atoms with Crippen LogP contribution in [-0.4, -0.2) is 72.4 Å². The lowest BCUT2D eigenvalue weighted by molar-refractivity contribution is -0.509. The number of nitrogens with one attached hydrogen (secondary N) is 1. The monoisotopic (exact) mass is 540 g/mol. The van der Waals surface area contributed by atoms with Crippen molar-refractivity contribution in [3.63, 3.8) is 0 Å². The Morgan fingerprint density at radius 1 is 1.23 bits per heavy atom. The molecular weight excluding hydrogens is 501 g/mol. The lowest BCUT2D eigenvalue weighted by Gasteiger charge is -2.24. The Labute approximate surface area is 229 Å². The van der Waals surface area contributed by atoms with Gasteiger partial charge in [0.15, 0.2) is 6.54 Å². The summed E-state index contributed by atoms with van der Waals surface area (Å²) in [5.74, 6) is 0.351. The summed E-state index contributed by atoms with van der Waals surface area (Å²) in [6, 6.07) is 6.45. The van der Waals surface area contributed by atoms with Crippen molar-refractivity contribution in [1.82, 2.24) is 4.98 Å². The highest BCUT2D eigenvalue weighted by Gasteiger charge is 2.36. The van der Waals surface area contributed by atoms with E-state index in [1.807, 2.05) is 10.6 Å².